The fourth-order valence-electron chi connectivity index (χ4n) is 4.01. The van der Waals surface area contributed by atoms with E-state index in [2.05, 4.69) is 15.0 Å². The van der Waals surface area contributed by atoms with E-state index < -0.39 is 5.63 Å². The number of ether oxygens (including phenoxy) is 1. The summed E-state index contributed by atoms with van der Waals surface area (Å²) in [6.45, 7) is 5.50. The van der Waals surface area contributed by atoms with Crippen LogP contribution in [0.2, 0.25) is 0 Å². The largest absolute Gasteiger partial charge is 0.401 e. The number of rotatable bonds is 3. The first-order valence-corrected chi connectivity index (χ1v) is 10.2. The zero-order chi connectivity index (χ0) is 20.9. The molecule has 1 aromatic carbocycles. The molecular weight excluding hydrogens is 398 g/mol. The Bertz CT molecular complexity index is 1490. The number of benzene rings is 1. The molecule has 0 atom stereocenters. The molecule has 1 fully saturated rings. The molecule has 6 rings (SSSR count). The van der Waals surface area contributed by atoms with Gasteiger partial charge in [-0.2, -0.15) is 9.97 Å². The molecule has 1 aliphatic rings. The van der Waals surface area contributed by atoms with Gasteiger partial charge in [-0.25, -0.2) is 14.5 Å². The van der Waals surface area contributed by atoms with Crippen LogP contribution in [0, 0.1) is 0 Å². The molecule has 31 heavy (non-hydrogen) atoms. The second-order valence-electron chi connectivity index (χ2n) is 7.38. The Morgan fingerprint density at radius 1 is 1.06 bits per heavy atom. The van der Waals surface area contributed by atoms with E-state index in [1.165, 1.54) is 0 Å². The van der Waals surface area contributed by atoms with Crippen molar-refractivity contribution in [3.05, 3.63) is 47.2 Å². The number of morpholine rings is 1. The van der Waals surface area contributed by atoms with Gasteiger partial charge in [-0.15, -0.1) is 5.10 Å². The van der Waals surface area contributed by atoms with Gasteiger partial charge >= 0.3 is 5.63 Å². The Balaban J connectivity index is 1.59. The fraction of sp³-hybridized carbons (Fsp3) is 0.286. The highest BCUT2D eigenvalue weighted by Gasteiger charge is 2.22. The van der Waals surface area contributed by atoms with Gasteiger partial charge in [-0.3, -0.25) is 0 Å². The van der Waals surface area contributed by atoms with Gasteiger partial charge < -0.3 is 18.6 Å². The van der Waals surface area contributed by atoms with Gasteiger partial charge in [0.05, 0.1) is 30.3 Å². The van der Waals surface area contributed by atoms with Crippen molar-refractivity contribution < 1.29 is 9.15 Å². The van der Waals surface area contributed by atoms with E-state index in [9.17, 15) is 4.79 Å². The topological polar surface area (TPSA) is 104 Å². The molecule has 5 heterocycles. The average Bonchev–Trinajstić information content (AvgIpc) is 3.43. The molecule has 0 unspecified atom stereocenters. The van der Waals surface area contributed by atoms with Crippen molar-refractivity contribution in [2.24, 2.45) is 0 Å². The summed E-state index contributed by atoms with van der Waals surface area (Å²) in [5, 5.41) is 6.51. The van der Waals surface area contributed by atoms with Gasteiger partial charge in [0, 0.05) is 31.2 Å². The Morgan fingerprint density at radius 2 is 1.87 bits per heavy atom. The lowest BCUT2D eigenvalue weighted by Gasteiger charge is -2.28. The highest BCUT2D eigenvalue weighted by Crippen LogP contribution is 2.27. The summed E-state index contributed by atoms with van der Waals surface area (Å²) < 4.78 is 14.5. The molecule has 10 nitrogen and oxygen atoms in total. The molecule has 156 valence electrons. The van der Waals surface area contributed by atoms with Gasteiger partial charge in [-0.1, -0.05) is 18.2 Å². The molecule has 0 amide bonds. The van der Waals surface area contributed by atoms with Gasteiger partial charge in [-0.05, 0) is 13.0 Å². The molecule has 1 saturated heterocycles. The van der Waals surface area contributed by atoms with Crippen LogP contribution in [0.1, 0.15) is 6.92 Å². The quantitative estimate of drug-likeness (QED) is 0.440. The SMILES string of the molecule is CCn1cnc2c(N3CCOCC3)nc(-n3cc4c(n3)oc(=O)c3ccccc34)nc21. The number of hydrogen-bond acceptors (Lipinski definition) is 8. The number of aromatic nitrogens is 6. The summed E-state index contributed by atoms with van der Waals surface area (Å²) in [5.74, 6) is 1.15. The van der Waals surface area contributed by atoms with Crippen molar-refractivity contribution >= 4 is 38.9 Å². The minimum Gasteiger partial charge on any atom is -0.401 e. The van der Waals surface area contributed by atoms with Crippen LogP contribution in [0.3, 0.4) is 0 Å². The number of hydrogen-bond donors (Lipinski definition) is 0. The molecule has 5 aromatic rings. The smallest absolute Gasteiger partial charge is 0.345 e. The van der Waals surface area contributed by atoms with Gasteiger partial charge in [0.2, 0.25) is 5.71 Å². The lowest BCUT2D eigenvalue weighted by Crippen LogP contribution is -2.37. The van der Waals surface area contributed by atoms with Crippen LogP contribution in [0.5, 0.6) is 0 Å². The van der Waals surface area contributed by atoms with Crippen LogP contribution in [0.25, 0.3) is 39.0 Å². The van der Waals surface area contributed by atoms with E-state index in [4.69, 9.17) is 19.1 Å². The molecule has 4 aromatic heterocycles. The molecule has 0 spiro atoms. The Hall–Kier alpha value is -3.79. The number of fused-ring (bicyclic) bond motifs is 4. The highest BCUT2D eigenvalue weighted by molar-refractivity contribution is 6.02. The van der Waals surface area contributed by atoms with Crippen molar-refractivity contribution in [3.8, 4) is 5.95 Å². The predicted octanol–water partition coefficient (Wildman–Crippen LogP) is 2.13. The van der Waals surface area contributed by atoms with Crippen molar-refractivity contribution in [1.82, 2.24) is 29.3 Å². The second-order valence-corrected chi connectivity index (χ2v) is 7.38. The molecule has 0 N–H and O–H groups in total. The molecule has 1 aliphatic heterocycles. The summed E-state index contributed by atoms with van der Waals surface area (Å²) in [7, 11) is 0. The maximum Gasteiger partial charge on any atom is 0.345 e. The zero-order valence-corrected chi connectivity index (χ0v) is 16.9. The van der Waals surface area contributed by atoms with Crippen molar-refractivity contribution in [2.45, 2.75) is 13.5 Å². The minimum atomic E-state index is -0.414. The number of nitrogens with zero attached hydrogens (tertiary/aromatic N) is 7. The highest BCUT2D eigenvalue weighted by atomic mass is 16.5. The first-order valence-electron chi connectivity index (χ1n) is 10.2. The fourth-order valence-corrected chi connectivity index (χ4v) is 4.01. The molecule has 0 bridgehead atoms. The third kappa shape index (κ3) is 2.79. The van der Waals surface area contributed by atoms with Crippen molar-refractivity contribution in [2.75, 3.05) is 31.2 Å². The number of imidazole rings is 1. The molecule has 10 heteroatoms. The van der Waals surface area contributed by atoms with E-state index >= 15 is 0 Å². The summed E-state index contributed by atoms with van der Waals surface area (Å²) in [5.41, 5.74) is 1.33. The molecule has 0 aliphatic carbocycles. The van der Waals surface area contributed by atoms with Gasteiger partial charge in [0.25, 0.3) is 5.95 Å². The van der Waals surface area contributed by atoms with E-state index in [1.807, 2.05) is 29.7 Å². The third-order valence-corrected chi connectivity index (χ3v) is 5.60. The van der Waals surface area contributed by atoms with Crippen molar-refractivity contribution in [1.29, 1.82) is 0 Å². The minimum absolute atomic E-state index is 0.254. The zero-order valence-electron chi connectivity index (χ0n) is 16.9. The monoisotopic (exact) mass is 417 g/mol. The molecule has 0 saturated carbocycles. The normalized spacial score (nSPS) is 14.8. The van der Waals surface area contributed by atoms with Crippen LogP contribution in [0.4, 0.5) is 5.82 Å². The second kappa shape index (κ2) is 6.88. The van der Waals surface area contributed by atoms with Crippen molar-refractivity contribution in [3.63, 3.8) is 0 Å². The summed E-state index contributed by atoms with van der Waals surface area (Å²) in [6.07, 6.45) is 3.58. The Labute approximate surface area is 175 Å². The van der Waals surface area contributed by atoms with Crippen LogP contribution in [-0.4, -0.2) is 55.6 Å². The van der Waals surface area contributed by atoms with E-state index in [1.54, 1.807) is 23.3 Å². The Morgan fingerprint density at radius 3 is 2.68 bits per heavy atom. The lowest BCUT2D eigenvalue weighted by atomic mass is 10.1. The van der Waals surface area contributed by atoms with E-state index in [0.29, 0.717) is 24.5 Å². The summed E-state index contributed by atoms with van der Waals surface area (Å²) >= 11 is 0. The molecule has 0 radical (unpaired) electrons. The first-order chi connectivity index (χ1) is 15.2. The van der Waals surface area contributed by atoms with Gasteiger partial charge in [0.15, 0.2) is 17.0 Å². The average molecular weight is 417 g/mol. The number of aryl methyl sites for hydroxylation is 1. The molecular formula is C21H19N7O3. The van der Waals surface area contributed by atoms with E-state index in [0.717, 1.165) is 47.4 Å². The van der Waals surface area contributed by atoms with Crippen LogP contribution in [0.15, 0.2) is 46.0 Å². The first kappa shape index (κ1) is 18.0. The van der Waals surface area contributed by atoms with Crippen LogP contribution >= 0.6 is 0 Å². The summed E-state index contributed by atoms with van der Waals surface area (Å²) in [4.78, 5) is 28.6. The maximum absolute atomic E-state index is 12.3. The third-order valence-electron chi connectivity index (χ3n) is 5.60. The summed E-state index contributed by atoms with van der Waals surface area (Å²) in [6, 6.07) is 7.33. The van der Waals surface area contributed by atoms with Gasteiger partial charge in [0.1, 0.15) is 0 Å². The lowest BCUT2D eigenvalue weighted by molar-refractivity contribution is 0.122. The standard InChI is InChI=1S/C21H19N7O3/c1-2-26-12-22-16-17(26)23-21(24-18(16)27-7-9-30-10-8-27)28-11-15-13-5-3-4-6-14(13)20(29)31-19(15)25-28/h3-6,11-12H,2,7-10H2,1H3. The van der Waals surface area contributed by atoms with E-state index in [-0.39, 0.29) is 5.71 Å². The Kier molecular flexibility index (Phi) is 4.00. The van der Waals surface area contributed by atoms with Crippen LogP contribution in [-0.2, 0) is 11.3 Å². The van der Waals surface area contributed by atoms with Crippen LogP contribution < -0.4 is 10.5 Å². The number of anilines is 1. The maximum atomic E-state index is 12.3. The predicted molar refractivity (Wildman–Crippen MR) is 115 cm³/mol.